The summed E-state index contributed by atoms with van der Waals surface area (Å²) in [4.78, 5) is 35.1. The van der Waals surface area contributed by atoms with Crippen LogP contribution >= 0.6 is 0 Å². The second kappa shape index (κ2) is 9.26. The Kier molecular flexibility index (Phi) is 6.78. The number of esters is 1. The predicted molar refractivity (Wildman–Crippen MR) is 91.5 cm³/mol. The van der Waals surface area contributed by atoms with Crippen molar-refractivity contribution in [3.05, 3.63) is 53.5 Å². The van der Waals surface area contributed by atoms with E-state index < -0.39 is 24.5 Å². The van der Waals surface area contributed by atoms with E-state index in [9.17, 15) is 14.4 Å². The van der Waals surface area contributed by atoms with Crippen LogP contribution in [-0.4, -0.2) is 31.6 Å². The molecule has 2 aromatic rings. The van der Waals surface area contributed by atoms with Gasteiger partial charge in [-0.2, -0.15) is 0 Å². The Morgan fingerprint density at radius 3 is 2.69 bits per heavy atom. The number of carbonyl (C=O) groups is 3. The molecule has 0 saturated heterocycles. The van der Waals surface area contributed by atoms with Gasteiger partial charge in [-0.1, -0.05) is 17.7 Å². The van der Waals surface area contributed by atoms with Gasteiger partial charge in [0.2, 0.25) is 0 Å². The first kappa shape index (κ1) is 19.0. The van der Waals surface area contributed by atoms with Crippen LogP contribution in [0.3, 0.4) is 0 Å². The van der Waals surface area contributed by atoms with Crippen LogP contribution < -0.4 is 15.4 Å². The molecular formula is C18H20N2O6. The summed E-state index contributed by atoms with van der Waals surface area (Å²) in [5.74, 6) is -0.216. The summed E-state index contributed by atoms with van der Waals surface area (Å²) >= 11 is 0. The Morgan fingerprint density at radius 2 is 2.00 bits per heavy atom. The number of urea groups is 1. The lowest BCUT2D eigenvalue weighted by molar-refractivity contribution is -0.147. The largest absolute Gasteiger partial charge is 0.496 e. The van der Waals surface area contributed by atoms with E-state index >= 15 is 0 Å². The van der Waals surface area contributed by atoms with Gasteiger partial charge in [0.1, 0.15) is 11.5 Å². The van der Waals surface area contributed by atoms with Gasteiger partial charge in [-0.05, 0) is 25.1 Å². The molecule has 0 radical (unpaired) electrons. The highest BCUT2D eigenvalue weighted by molar-refractivity contribution is 5.95. The lowest BCUT2D eigenvalue weighted by Crippen LogP contribution is -2.41. The third-order valence-corrected chi connectivity index (χ3v) is 3.39. The molecule has 0 unspecified atom stereocenters. The molecule has 1 aromatic carbocycles. The highest BCUT2D eigenvalue weighted by Gasteiger charge is 2.14. The molecule has 3 amide bonds. The van der Waals surface area contributed by atoms with E-state index in [-0.39, 0.29) is 13.0 Å². The summed E-state index contributed by atoms with van der Waals surface area (Å²) in [6.07, 6.45) is 1.44. The fraction of sp³-hybridized carbons (Fsp3) is 0.278. The van der Waals surface area contributed by atoms with Gasteiger partial charge in [-0.25, -0.2) is 4.79 Å². The first-order valence-corrected chi connectivity index (χ1v) is 7.87. The van der Waals surface area contributed by atoms with Gasteiger partial charge in [-0.3, -0.25) is 14.9 Å². The van der Waals surface area contributed by atoms with Crippen molar-refractivity contribution in [2.45, 2.75) is 19.9 Å². The number of carbonyl (C=O) groups excluding carboxylic acids is 3. The molecule has 26 heavy (non-hydrogen) atoms. The molecule has 1 heterocycles. The summed E-state index contributed by atoms with van der Waals surface area (Å²) in [6, 6.07) is 8.09. The van der Waals surface area contributed by atoms with Crippen LogP contribution in [0.25, 0.3) is 0 Å². The van der Waals surface area contributed by atoms with E-state index in [2.05, 4.69) is 10.6 Å². The summed E-state index contributed by atoms with van der Waals surface area (Å²) in [6.45, 7) is 1.48. The average Bonchev–Trinajstić information content (AvgIpc) is 3.12. The monoisotopic (exact) mass is 360 g/mol. The van der Waals surface area contributed by atoms with E-state index in [1.165, 1.54) is 13.4 Å². The molecule has 0 fully saturated rings. The number of rotatable bonds is 7. The number of hydrogen-bond donors (Lipinski definition) is 2. The molecule has 8 heteroatoms. The van der Waals surface area contributed by atoms with Crippen LogP contribution in [0.1, 0.15) is 16.9 Å². The van der Waals surface area contributed by atoms with Crippen LogP contribution in [0.4, 0.5) is 4.79 Å². The summed E-state index contributed by atoms with van der Waals surface area (Å²) in [5, 5.41) is 4.50. The van der Waals surface area contributed by atoms with Gasteiger partial charge in [0.05, 0.1) is 26.3 Å². The zero-order valence-corrected chi connectivity index (χ0v) is 14.5. The number of aryl methyl sites for hydroxylation is 1. The average molecular weight is 360 g/mol. The van der Waals surface area contributed by atoms with E-state index in [4.69, 9.17) is 13.9 Å². The van der Waals surface area contributed by atoms with Crippen molar-refractivity contribution in [1.29, 1.82) is 0 Å². The van der Waals surface area contributed by atoms with Crippen LogP contribution in [0, 0.1) is 6.92 Å². The summed E-state index contributed by atoms with van der Waals surface area (Å²) < 4.78 is 15.1. The van der Waals surface area contributed by atoms with Crippen molar-refractivity contribution in [1.82, 2.24) is 10.6 Å². The quantitative estimate of drug-likeness (QED) is 0.728. The number of amides is 3. The van der Waals surface area contributed by atoms with E-state index in [0.717, 1.165) is 5.56 Å². The molecule has 0 bridgehead atoms. The standard InChI is InChI=1S/C18H20N2O6/c1-12-5-6-15(24-2)13(8-12)9-17(22)26-11-16(21)20-18(23)19-10-14-4-3-7-25-14/h3-8H,9-11H2,1-2H3,(H2,19,20,21,23). The Labute approximate surface area is 150 Å². The van der Waals surface area contributed by atoms with Crippen LogP contribution in [0.2, 0.25) is 0 Å². The third kappa shape index (κ3) is 5.97. The minimum absolute atomic E-state index is 0.0389. The molecule has 8 nitrogen and oxygen atoms in total. The van der Waals surface area contributed by atoms with Gasteiger partial charge in [0.15, 0.2) is 6.61 Å². The van der Waals surface area contributed by atoms with Gasteiger partial charge in [0, 0.05) is 5.56 Å². The fourth-order valence-electron chi connectivity index (χ4n) is 2.19. The lowest BCUT2D eigenvalue weighted by Gasteiger charge is -2.10. The SMILES string of the molecule is COc1ccc(C)cc1CC(=O)OCC(=O)NC(=O)NCc1ccco1. The number of nitrogens with one attached hydrogen (secondary N) is 2. The zero-order valence-electron chi connectivity index (χ0n) is 14.5. The first-order valence-electron chi connectivity index (χ1n) is 7.87. The lowest BCUT2D eigenvalue weighted by atomic mass is 10.1. The normalized spacial score (nSPS) is 10.1. The Balaban J connectivity index is 1.73. The zero-order chi connectivity index (χ0) is 18.9. The summed E-state index contributed by atoms with van der Waals surface area (Å²) in [5.41, 5.74) is 1.63. The Morgan fingerprint density at radius 1 is 1.19 bits per heavy atom. The molecule has 0 aliphatic carbocycles. The highest BCUT2D eigenvalue weighted by atomic mass is 16.5. The molecule has 0 spiro atoms. The molecule has 0 atom stereocenters. The van der Waals surface area contributed by atoms with E-state index in [1.54, 1.807) is 18.2 Å². The molecule has 0 aliphatic heterocycles. The second-order valence-corrected chi connectivity index (χ2v) is 5.46. The number of imide groups is 1. The fourth-order valence-corrected chi connectivity index (χ4v) is 2.19. The van der Waals surface area contributed by atoms with Crippen molar-refractivity contribution in [2.75, 3.05) is 13.7 Å². The highest BCUT2D eigenvalue weighted by Crippen LogP contribution is 2.20. The van der Waals surface area contributed by atoms with Crippen LogP contribution in [-0.2, 0) is 27.3 Å². The van der Waals surface area contributed by atoms with Crippen LogP contribution in [0.15, 0.2) is 41.0 Å². The van der Waals surface area contributed by atoms with Crippen molar-refractivity contribution < 1.29 is 28.3 Å². The van der Waals surface area contributed by atoms with E-state index in [1.807, 2.05) is 19.1 Å². The maximum atomic E-state index is 11.9. The minimum atomic E-state index is -0.730. The van der Waals surface area contributed by atoms with Gasteiger partial charge >= 0.3 is 12.0 Å². The van der Waals surface area contributed by atoms with Gasteiger partial charge < -0.3 is 19.2 Å². The maximum absolute atomic E-state index is 11.9. The van der Waals surface area contributed by atoms with Crippen molar-refractivity contribution in [3.63, 3.8) is 0 Å². The number of furan rings is 1. The van der Waals surface area contributed by atoms with Crippen molar-refractivity contribution in [3.8, 4) is 5.75 Å². The Bertz CT molecular complexity index is 770. The molecule has 0 aliphatic rings. The second-order valence-electron chi connectivity index (χ2n) is 5.46. The summed E-state index contributed by atoms with van der Waals surface area (Å²) in [7, 11) is 1.51. The van der Waals surface area contributed by atoms with Gasteiger partial charge in [-0.15, -0.1) is 0 Å². The predicted octanol–water partition coefficient (Wildman–Crippen LogP) is 1.71. The molecule has 2 N–H and O–H groups in total. The minimum Gasteiger partial charge on any atom is -0.496 e. The molecule has 0 saturated carbocycles. The molecular weight excluding hydrogens is 340 g/mol. The number of methoxy groups -OCH3 is 1. The maximum Gasteiger partial charge on any atom is 0.321 e. The topological polar surface area (TPSA) is 107 Å². The van der Waals surface area contributed by atoms with Gasteiger partial charge in [0.25, 0.3) is 5.91 Å². The number of hydrogen-bond acceptors (Lipinski definition) is 6. The van der Waals surface area contributed by atoms with Crippen molar-refractivity contribution >= 4 is 17.9 Å². The molecule has 138 valence electrons. The third-order valence-electron chi connectivity index (χ3n) is 3.39. The van der Waals surface area contributed by atoms with Crippen molar-refractivity contribution in [2.24, 2.45) is 0 Å². The van der Waals surface area contributed by atoms with Crippen LogP contribution in [0.5, 0.6) is 5.75 Å². The smallest absolute Gasteiger partial charge is 0.321 e. The van der Waals surface area contributed by atoms with E-state index in [0.29, 0.717) is 17.1 Å². The first-order chi connectivity index (χ1) is 12.5. The number of ether oxygens (including phenoxy) is 2. The number of benzene rings is 1. The molecule has 2 rings (SSSR count). The Hall–Kier alpha value is -3.29. The molecule has 1 aromatic heterocycles.